The first-order valence-electron chi connectivity index (χ1n) is 7.72. The second kappa shape index (κ2) is 8.82. The van der Waals surface area contributed by atoms with Crippen molar-refractivity contribution in [2.45, 2.75) is 27.2 Å². The lowest BCUT2D eigenvalue weighted by molar-refractivity contribution is -0.145. The first-order valence-corrected chi connectivity index (χ1v) is 7.72. The summed E-state index contributed by atoms with van der Waals surface area (Å²) < 4.78 is 4.94. The van der Waals surface area contributed by atoms with Gasteiger partial charge in [-0.15, -0.1) is 6.58 Å². The van der Waals surface area contributed by atoms with Crippen molar-refractivity contribution in [3.63, 3.8) is 0 Å². The van der Waals surface area contributed by atoms with Gasteiger partial charge in [-0.1, -0.05) is 19.9 Å². The van der Waals surface area contributed by atoms with Crippen LogP contribution in [0.3, 0.4) is 0 Å². The SMILES string of the molecule is C=CCN(CC(=O)OCC)CC(=O)N1CC(C)CC(C)C1. The zero-order valence-electron chi connectivity index (χ0n) is 13.5. The molecule has 5 nitrogen and oxygen atoms in total. The van der Waals surface area contributed by atoms with Crippen LogP contribution in [-0.2, 0) is 14.3 Å². The van der Waals surface area contributed by atoms with Crippen LogP contribution in [0.15, 0.2) is 12.7 Å². The van der Waals surface area contributed by atoms with Crippen LogP contribution in [0.5, 0.6) is 0 Å². The molecule has 0 bridgehead atoms. The number of piperidine rings is 1. The van der Waals surface area contributed by atoms with Crippen LogP contribution in [0.2, 0.25) is 0 Å². The summed E-state index contributed by atoms with van der Waals surface area (Å²) in [5.41, 5.74) is 0. The van der Waals surface area contributed by atoms with E-state index in [4.69, 9.17) is 4.74 Å². The molecule has 0 aliphatic carbocycles. The lowest BCUT2D eigenvalue weighted by Gasteiger charge is -2.36. The second-order valence-electron chi connectivity index (χ2n) is 6.01. The van der Waals surface area contributed by atoms with Crippen LogP contribution < -0.4 is 0 Å². The van der Waals surface area contributed by atoms with Crippen molar-refractivity contribution in [1.29, 1.82) is 0 Å². The highest BCUT2D eigenvalue weighted by molar-refractivity contribution is 5.79. The quantitative estimate of drug-likeness (QED) is 0.528. The summed E-state index contributed by atoms with van der Waals surface area (Å²) in [5.74, 6) is 0.860. The Balaban J connectivity index is 2.54. The van der Waals surface area contributed by atoms with Gasteiger partial charge in [0.2, 0.25) is 5.91 Å². The van der Waals surface area contributed by atoms with Gasteiger partial charge in [-0.05, 0) is 25.2 Å². The molecule has 0 spiro atoms. The molecule has 0 aromatic heterocycles. The molecule has 5 heteroatoms. The predicted molar refractivity (Wildman–Crippen MR) is 82.8 cm³/mol. The van der Waals surface area contributed by atoms with E-state index in [2.05, 4.69) is 20.4 Å². The van der Waals surface area contributed by atoms with Gasteiger partial charge in [0.05, 0.1) is 19.7 Å². The van der Waals surface area contributed by atoms with E-state index in [0.717, 1.165) is 13.1 Å². The number of carbonyl (C=O) groups is 2. The average molecular weight is 296 g/mol. The summed E-state index contributed by atoms with van der Waals surface area (Å²) in [7, 11) is 0. The third kappa shape index (κ3) is 6.29. The summed E-state index contributed by atoms with van der Waals surface area (Å²) >= 11 is 0. The minimum atomic E-state index is -0.299. The Hall–Kier alpha value is -1.36. The number of hydrogen-bond donors (Lipinski definition) is 0. The van der Waals surface area contributed by atoms with Crippen molar-refractivity contribution in [3.8, 4) is 0 Å². The lowest BCUT2D eigenvalue weighted by Crippen LogP contribution is -2.47. The maximum atomic E-state index is 12.4. The van der Waals surface area contributed by atoms with Crippen LogP contribution in [0, 0.1) is 11.8 Å². The molecule has 1 rings (SSSR count). The van der Waals surface area contributed by atoms with Gasteiger partial charge < -0.3 is 9.64 Å². The summed E-state index contributed by atoms with van der Waals surface area (Å²) in [5, 5.41) is 0. The molecule has 0 N–H and O–H groups in total. The smallest absolute Gasteiger partial charge is 0.320 e. The highest BCUT2D eigenvalue weighted by Crippen LogP contribution is 2.21. The van der Waals surface area contributed by atoms with Gasteiger partial charge >= 0.3 is 5.97 Å². The molecular weight excluding hydrogens is 268 g/mol. The number of hydrogen-bond acceptors (Lipinski definition) is 4. The Bertz CT molecular complexity index is 361. The van der Waals surface area contributed by atoms with Crippen LogP contribution in [0.25, 0.3) is 0 Å². The van der Waals surface area contributed by atoms with E-state index in [1.54, 1.807) is 17.9 Å². The molecule has 120 valence electrons. The van der Waals surface area contributed by atoms with Crippen molar-refractivity contribution in [3.05, 3.63) is 12.7 Å². The molecule has 1 saturated heterocycles. The van der Waals surface area contributed by atoms with Crippen LogP contribution in [0.1, 0.15) is 27.2 Å². The summed E-state index contributed by atoms with van der Waals surface area (Å²) in [4.78, 5) is 27.7. The van der Waals surface area contributed by atoms with Gasteiger partial charge in [0, 0.05) is 19.6 Å². The summed E-state index contributed by atoms with van der Waals surface area (Å²) in [6.07, 6.45) is 2.87. The Kier molecular flexibility index (Phi) is 7.43. The molecule has 1 aliphatic heterocycles. The second-order valence-corrected chi connectivity index (χ2v) is 6.01. The minimum absolute atomic E-state index is 0.0829. The van der Waals surface area contributed by atoms with Crippen LogP contribution in [-0.4, -0.2) is 61.0 Å². The van der Waals surface area contributed by atoms with Gasteiger partial charge in [0.15, 0.2) is 0 Å². The lowest BCUT2D eigenvalue weighted by atomic mass is 9.92. The first kappa shape index (κ1) is 17.7. The molecule has 0 saturated carbocycles. The van der Waals surface area contributed by atoms with Gasteiger partial charge in [-0.3, -0.25) is 14.5 Å². The van der Waals surface area contributed by atoms with Crippen molar-refractivity contribution in [1.82, 2.24) is 9.80 Å². The molecule has 1 fully saturated rings. The van der Waals surface area contributed by atoms with Crippen LogP contribution in [0.4, 0.5) is 0 Å². The van der Waals surface area contributed by atoms with E-state index in [9.17, 15) is 9.59 Å². The van der Waals surface area contributed by atoms with E-state index in [0.29, 0.717) is 25.0 Å². The Labute approximate surface area is 127 Å². The number of amides is 1. The summed E-state index contributed by atoms with van der Waals surface area (Å²) in [6.45, 7) is 12.7. The van der Waals surface area contributed by atoms with E-state index < -0.39 is 0 Å². The fourth-order valence-electron chi connectivity index (χ4n) is 2.91. The first-order chi connectivity index (χ1) is 9.96. The van der Waals surface area contributed by atoms with E-state index in [1.165, 1.54) is 6.42 Å². The largest absolute Gasteiger partial charge is 0.465 e. The number of esters is 1. The maximum absolute atomic E-state index is 12.4. The zero-order chi connectivity index (χ0) is 15.8. The normalized spacial score (nSPS) is 22.2. The zero-order valence-corrected chi connectivity index (χ0v) is 13.5. The topological polar surface area (TPSA) is 49.9 Å². The van der Waals surface area contributed by atoms with E-state index in [1.807, 2.05) is 4.90 Å². The number of rotatable bonds is 7. The third-order valence-corrected chi connectivity index (χ3v) is 3.63. The van der Waals surface area contributed by atoms with Gasteiger partial charge in [0.1, 0.15) is 0 Å². The molecule has 2 atom stereocenters. The average Bonchev–Trinajstić information content (AvgIpc) is 2.37. The molecular formula is C16H28N2O3. The monoisotopic (exact) mass is 296 g/mol. The highest BCUT2D eigenvalue weighted by atomic mass is 16.5. The van der Waals surface area contributed by atoms with Gasteiger partial charge in [-0.25, -0.2) is 0 Å². The fraction of sp³-hybridized carbons (Fsp3) is 0.750. The van der Waals surface area contributed by atoms with Gasteiger partial charge in [0.25, 0.3) is 0 Å². The van der Waals surface area contributed by atoms with E-state index in [-0.39, 0.29) is 25.0 Å². The predicted octanol–water partition coefficient (Wildman–Crippen LogP) is 1.54. The molecule has 1 aliphatic rings. The number of nitrogens with zero attached hydrogens (tertiary/aromatic N) is 2. The maximum Gasteiger partial charge on any atom is 0.320 e. The molecule has 0 radical (unpaired) electrons. The van der Waals surface area contributed by atoms with Crippen molar-refractivity contribution in [2.75, 3.05) is 39.3 Å². The van der Waals surface area contributed by atoms with Crippen molar-refractivity contribution < 1.29 is 14.3 Å². The summed E-state index contributed by atoms with van der Waals surface area (Å²) in [6, 6.07) is 0. The molecule has 21 heavy (non-hydrogen) atoms. The third-order valence-electron chi connectivity index (χ3n) is 3.63. The standard InChI is InChI=1S/C16H28N2O3/c1-5-7-17(12-16(20)21-6-2)11-15(19)18-9-13(3)8-14(4)10-18/h5,13-14H,1,6-12H2,2-4H3. The molecule has 0 aromatic rings. The Morgan fingerprint density at radius 3 is 2.43 bits per heavy atom. The van der Waals surface area contributed by atoms with Crippen molar-refractivity contribution >= 4 is 11.9 Å². The van der Waals surface area contributed by atoms with Crippen LogP contribution >= 0.6 is 0 Å². The Morgan fingerprint density at radius 2 is 1.90 bits per heavy atom. The molecule has 0 aromatic carbocycles. The number of carbonyl (C=O) groups excluding carboxylic acids is 2. The molecule has 1 heterocycles. The van der Waals surface area contributed by atoms with Gasteiger partial charge in [-0.2, -0.15) is 0 Å². The van der Waals surface area contributed by atoms with E-state index >= 15 is 0 Å². The molecule has 2 unspecified atom stereocenters. The number of likely N-dealkylation sites (tertiary alicyclic amines) is 1. The highest BCUT2D eigenvalue weighted by Gasteiger charge is 2.26. The Morgan fingerprint density at radius 1 is 1.29 bits per heavy atom. The van der Waals surface area contributed by atoms with Crippen molar-refractivity contribution in [2.24, 2.45) is 11.8 Å². The molecule has 1 amide bonds. The number of ether oxygens (including phenoxy) is 1. The fourth-order valence-corrected chi connectivity index (χ4v) is 2.91. The minimum Gasteiger partial charge on any atom is -0.465 e.